The second-order valence-corrected chi connectivity index (χ2v) is 8.24. The van der Waals surface area contributed by atoms with Crippen LogP contribution in [-0.2, 0) is 19.6 Å². The molecule has 2 amide bonds. The Morgan fingerprint density at radius 2 is 1.64 bits per heavy atom. The van der Waals surface area contributed by atoms with Gasteiger partial charge in [-0.05, 0) is 42.5 Å². The zero-order chi connectivity index (χ0) is 20.9. The van der Waals surface area contributed by atoms with E-state index in [0.717, 1.165) is 10.6 Å². The molecule has 150 valence electrons. The van der Waals surface area contributed by atoms with Crippen molar-refractivity contribution in [3.63, 3.8) is 0 Å². The Bertz CT molecular complexity index is 977. The number of amides is 2. The van der Waals surface area contributed by atoms with E-state index in [0.29, 0.717) is 16.4 Å². The number of rotatable bonds is 7. The number of halogens is 1. The molecule has 0 saturated carbocycles. The van der Waals surface area contributed by atoms with Crippen LogP contribution in [0.5, 0.6) is 5.75 Å². The van der Waals surface area contributed by atoms with Crippen molar-refractivity contribution in [1.82, 2.24) is 0 Å². The molecule has 0 aromatic heterocycles. The van der Waals surface area contributed by atoms with Crippen molar-refractivity contribution in [2.24, 2.45) is 0 Å². The molecule has 2 aromatic rings. The zero-order valence-electron chi connectivity index (χ0n) is 15.5. The van der Waals surface area contributed by atoms with Gasteiger partial charge in [-0.25, -0.2) is 8.42 Å². The minimum atomic E-state index is -3.79. The molecule has 0 aliphatic heterocycles. The summed E-state index contributed by atoms with van der Waals surface area (Å²) < 4.78 is 30.6. The van der Waals surface area contributed by atoms with Crippen LogP contribution in [-0.4, -0.2) is 40.1 Å². The number of methoxy groups -OCH3 is 1. The number of benzene rings is 2. The highest BCUT2D eigenvalue weighted by atomic mass is 35.5. The summed E-state index contributed by atoms with van der Waals surface area (Å²) in [7, 11) is -2.40. The van der Waals surface area contributed by atoms with E-state index in [1.54, 1.807) is 30.3 Å². The fourth-order valence-electron chi connectivity index (χ4n) is 2.41. The predicted octanol–water partition coefficient (Wildman–Crippen LogP) is 2.71. The lowest BCUT2D eigenvalue weighted by molar-refractivity contribution is -0.115. The van der Waals surface area contributed by atoms with Gasteiger partial charge in [0, 0.05) is 23.3 Å². The number of carbonyl (C=O) groups is 2. The standard InChI is InChI=1S/C18H20ClN3O5S/c1-12(23)20-14-5-7-15(8-6-14)21-18(24)11-22(28(3,25)26)16-10-13(19)4-9-17(16)27-2/h4-10H,11H2,1-3H3,(H,20,23)(H,21,24). The first-order chi connectivity index (χ1) is 13.1. The molecule has 0 aliphatic rings. The Balaban J connectivity index is 2.21. The van der Waals surface area contributed by atoms with Gasteiger partial charge < -0.3 is 15.4 Å². The van der Waals surface area contributed by atoms with E-state index >= 15 is 0 Å². The van der Waals surface area contributed by atoms with Gasteiger partial charge in [-0.2, -0.15) is 0 Å². The summed E-state index contributed by atoms with van der Waals surface area (Å²) >= 11 is 5.98. The van der Waals surface area contributed by atoms with Crippen LogP contribution in [0.15, 0.2) is 42.5 Å². The maximum absolute atomic E-state index is 12.4. The predicted molar refractivity (Wildman–Crippen MR) is 110 cm³/mol. The number of carbonyl (C=O) groups excluding carboxylic acids is 2. The molecule has 2 N–H and O–H groups in total. The van der Waals surface area contributed by atoms with Gasteiger partial charge in [0.2, 0.25) is 21.8 Å². The smallest absolute Gasteiger partial charge is 0.245 e. The van der Waals surface area contributed by atoms with Crippen LogP contribution in [0.25, 0.3) is 0 Å². The maximum atomic E-state index is 12.4. The minimum Gasteiger partial charge on any atom is -0.495 e. The van der Waals surface area contributed by atoms with Crippen LogP contribution in [0.2, 0.25) is 5.02 Å². The fourth-order valence-corrected chi connectivity index (χ4v) is 3.43. The van der Waals surface area contributed by atoms with Gasteiger partial charge in [-0.3, -0.25) is 13.9 Å². The van der Waals surface area contributed by atoms with Gasteiger partial charge in [-0.1, -0.05) is 11.6 Å². The number of ether oxygens (including phenoxy) is 1. The van der Waals surface area contributed by atoms with Gasteiger partial charge in [0.15, 0.2) is 0 Å². The molecule has 0 fully saturated rings. The number of nitrogens with one attached hydrogen (secondary N) is 2. The number of sulfonamides is 1. The number of anilines is 3. The molecule has 0 spiro atoms. The topological polar surface area (TPSA) is 105 Å². The summed E-state index contributed by atoms with van der Waals surface area (Å²) in [6.45, 7) is 0.919. The Labute approximate surface area is 168 Å². The lowest BCUT2D eigenvalue weighted by Gasteiger charge is -2.24. The van der Waals surface area contributed by atoms with E-state index in [-0.39, 0.29) is 17.3 Å². The van der Waals surface area contributed by atoms with Gasteiger partial charge in [0.05, 0.1) is 19.1 Å². The quantitative estimate of drug-likeness (QED) is 0.709. The van der Waals surface area contributed by atoms with E-state index in [1.807, 2.05) is 0 Å². The summed E-state index contributed by atoms with van der Waals surface area (Å²) in [5.74, 6) is -0.502. The zero-order valence-corrected chi connectivity index (χ0v) is 17.1. The average molecular weight is 426 g/mol. The molecule has 2 aromatic carbocycles. The van der Waals surface area contributed by atoms with Crippen molar-refractivity contribution in [3.05, 3.63) is 47.5 Å². The molecule has 8 nitrogen and oxygen atoms in total. The second kappa shape index (κ2) is 8.94. The molecular formula is C18H20ClN3O5S. The number of nitrogens with zero attached hydrogens (tertiary/aromatic N) is 1. The molecule has 0 saturated heterocycles. The molecule has 0 radical (unpaired) electrons. The first kappa shape index (κ1) is 21.5. The summed E-state index contributed by atoms with van der Waals surface area (Å²) in [5, 5.41) is 5.53. The van der Waals surface area contributed by atoms with Crippen LogP contribution < -0.4 is 19.7 Å². The Kier molecular flexibility index (Phi) is 6.87. The molecule has 10 heteroatoms. The van der Waals surface area contributed by atoms with Crippen molar-refractivity contribution in [2.75, 3.05) is 34.8 Å². The van der Waals surface area contributed by atoms with Crippen LogP contribution in [0, 0.1) is 0 Å². The first-order valence-corrected chi connectivity index (χ1v) is 10.3. The van der Waals surface area contributed by atoms with Gasteiger partial charge in [-0.15, -0.1) is 0 Å². The SMILES string of the molecule is COc1ccc(Cl)cc1N(CC(=O)Nc1ccc(NC(C)=O)cc1)S(C)(=O)=O. The van der Waals surface area contributed by atoms with E-state index in [9.17, 15) is 18.0 Å². The van der Waals surface area contributed by atoms with Crippen molar-refractivity contribution in [2.45, 2.75) is 6.92 Å². The molecule has 0 bridgehead atoms. The van der Waals surface area contributed by atoms with Crippen molar-refractivity contribution in [1.29, 1.82) is 0 Å². The molecule has 0 aliphatic carbocycles. The molecule has 28 heavy (non-hydrogen) atoms. The Morgan fingerprint density at radius 1 is 1.07 bits per heavy atom. The first-order valence-electron chi connectivity index (χ1n) is 8.09. The van der Waals surface area contributed by atoms with Gasteiger partial charge >= 0.3 is 0 Å². The summed E-state index contributed by atoms with van der Waals surface area (Å²) in [4.78, 5) is 23.5. The summed E-state index contributed by atoms with van der Waals surface area (Å²) in [6, 6.07) is 10.9. The van der Waals surface area contributed by atoms with Crippen LogP contribution in [0.3, 0.4) is 0 Å². The van der Waals surface area contributed by atoms with E-state index in [1.165, 1.54) is 26.2 Å². The average Bonchev–Trinajstić information content (AvgIpc) is 2.60. The number of hydrogen-bond acceptors (Lipinski definition) is 5. The van der Waals surface area contributed by atoms with Crippen molar-refractivity contribution in [3.8, 4) is 5.75 Å². The highest BCUT2D eigenvalue weighted by Crippen LogP contribution is 2.32. The lowest BCUT2D eigenvalue weighted by atomic mass is 10.2. The summed E-state index contributed by atoms with van der Waals surface area (Å²) in [6.07, 6.45) is 0.989. The fraction of sp³-hybridized carbons (Fsp3) is 0.222. The van der Waals surface area contributed by atoms with E-state index in [2.05, 4.69) is 10.6 Å². The highest BCUT2D eigenvalue weighted by molar-refractivity contribution is 7.92. The third-order valence-corrected chi connectivity index (χ3v) is 4.95. The van der Waals surface area contributed by atoms with Crippen LogP contribution in [0.1, 0.15) is 6.92 Å². The largest absolute Gasteiger partial charge is 0.495 e. The summed E-state index contributed by atoms with van der Waals surface area (Å²) in [5.41, 5.74) is 1.19. The number of hydrogen-bond donors (Lipinski definition) is 2. The molecule has 0 atom stereocenters. The second-order valence-electron chi connectivity index (χ2n) is 5.89. The molecule has 0 heterocycles. The lowest BCUT2D eigenvalue weighted by Crippen LogP contribution is -2.37. The Morgan fingerprint density at radius 3 is 2.14 bits per heavy atom. The molecular weight excluding hydrogens is 406 g/mol. The van der Waals surface area contributed by atoms with Gasteiger partial charge in [0.1, 0.15) is 12.3 Å². The van der Waals surface area contributed by atoms with Crippen LogP contribution in [0.4, 0.5) is 17.1 Å². The van der Waals surface area contributed by atoms with E-state index in [4.69, 9.17) is 16.3 Å². The Hall–Kier alpha value is -2.78. The van der Waals surface area contributed by atoms with Crippen molar-refractivity contribution >= 4 is 50.5 Å². The van der Waals surface area contributed by atoms with Crippen LogP contribution >= 0.6 is 11.6 Å². The third kappa shape index (κ3) is 5.86. The molecule has 0 unspecified atom stereocenters. The maximum Gasteiger partial charge on any atom is 0.245 e. The highest BCUT2D eigenvalue weighted by Gasteiger charge is 2.24. The third-order valence-electron chi connectivity index (χ3n) is 3.59. The monoisotopic (exact) mass is 425 g/mol. The minimum absolute atomic E-state index is 0.161. The molecule has 2 rings (SSSR count). The van der Waals surface area contributed by atoms with Gasteiger partial charge in [0.25, 0.3) is 0 Å². The normalized spacial score (nSPS) is 10.9. The van der Waals surface area contributed by atoms with E-state index < -0.39 is 22.5 Å². The van der Waals surface area contributed by atoms with Crippen molar-refractivity contribution < 1.29 is 22.7 Å².